The van der Waals surface area contributed by atoms with Gasteiger partial charge in [-0.1, -0.05) is 23.4 Å². The van der Waals surface area contributed by atoms with Crippen LogP contribution in [0.4, 0.5) is 5.69 Å². The van der Waals surface area contributed by atoms with Crippen LogP contribution in [0.15, 0.2) is 28.8 Å². The average Bonchev–Trinajstić information content (AvgIpc) is 3.22. The van der Waals surface area contributed by atoms with Crippen LogP contribution in [0.25, 0.3) is 0 Å². The smallest absolute Gasteiger partial charge is 0.316 e. The zero-order valence-corrected chi connectivity index (χ0v) is 14.1. The third kappa shape index (κ3) is 3.14. The molecule has 2 aliphatic rings. The van der Waals surface area contributed by atoms with E-state index in [1.54, 1.807) is 11.9 Å². The zero-order valence-electron chi connectivity index (χ0n) is 14.1. The highest BCUT2D eigenvalue weighted by Gasteiger charge is 2.31. The number of rotatable bonds is 4. The molecule has 4 rings (SSSR count). The summed E-state index contributed by atoms with van der Waals surface area (Å²) < 4.78 is 5.21. The van der Waals surface area contributed by atoms with E-state index in [1.165, 1.54) is 4.90 Å². The lowest BCUT2D eigenvalue weighted by atomic mass is 10.2. The number of carbonyl (C=O) groups excluding carboxylic acids is 2. The van der Waals surface area contributed by atoms with E-state index >= 15 is 0 Å². The normalized spacial score (nSPS) is 16.0. The van der Waals surface area contributed by atoms with Gasteiger partial charge in [-0.05, 0) is 30.9 Å². The van der Waals surface area contributed by atoms with Crippen LogP contribution in [0.1, 0.15) is 36.0 Å². The largest absolute Gasteiger partial charge is 0.339 e. The van der Waals surface area contributed by atoms with Crippen LogP contribution in [0, 0.1) is 0 Å². The molecule has 1 fully saturated rings. The molecule has 0 unspecified atom stereocenters. The summed E-state index contributed by atoms with van der Waals surface area (Å²) in [7, 11) is 1.63. The Morgan fingerprint density at radius 3 is 2.92 bits per heavy atom. The van der Waals surface area contributed by atoms with Gasteiger partial charge in [0.25, 0.3) is 0 Å². The van der Waals surface area contributed by atoms with E-state index in [2.05, 4.69) is 10.1 Å². The lowest BCUT2D eigenvalue weighted by Gasteiger charge is -2.21. The number of hydrogen-bond donors (Lipinski definition) is 0. The maximum atomic E-state index is 12.5. The number of fused-ring (bicyclic) bond motifs is 1. The van der Waals surface area contributed by atoms with Gasteiger partial charge >= 0.3 is 11.8 Å². The van der Waals surface area contributed by atoms with E-state index in [-0.39, 0.29) is 0 Å². The Balaban J connectivity index is 1.35. The van der Waals surface area contributed by atoms with Crippen molar-refractivity contribution in [2.45, 2.75) is 31.6 Å². The Morgan fingerprint density at radius 2 is 2.12 bits per heavy atom. The van der Waals surface area contributed by atoms with E-state index < -0.39 is 11.8 Å². The van der Waals surface area contributed by atoms with Crippen LogP contribution in [0.5, 0.6) is 0 Å². The third-order valence-corrected chi connectivity index (χ3v) is 4.74. The monoisotopic (exact) mass is 340 g/mol. The Kier molecular flexibility index (Phi) is 3.99. The quantitative estimate of drug-likeness (QED) is 0.789. The maximum absolute atomic E-state index is 12.5. The van der Waals surface area contributed by atoms with Gasteiger partial charge < -0.3 is 14.3 Å². The van der Waals surface area contributed by atoms with Gasteiger partial charge in [0.2, 0.25) is 5.89 Å². The van der Waals surface area contributed by atoms with Gasteiger partial charge in [0.15, 0.2) is 5.82 Å². The molecule has 25 heavy (non-hydrogen) atoms. The van der Waals surface area contributed by atoms with E-state index in [0.29, 0.717) is 37.1 Å². The molecule has 1 aliphatic carbocycles. The number of benzene rings is 1. The first-order valence-corrected chi connectivity index (χ1v) is 8.61. The second kappa shape index (κ2) is 6.31. The van der Waals surface area contributed by atoms with Crippen LogP contribution in [-0.2, 0) is 22.4 Å². The van der Waals surface area contributed by atoms with Gasteiger partial charge in [-0.15, -0.1) is 0 Å². The number of para-hydroxylation sites is 1. The van der Waals surface area contributed by atoms with Crippen molar-refractivity contribution in [2.75, 3.05) is 25.0 Å². The summed E-state index contributed by atoms with van der Waals surface area (Å²) in [5, 5.41) is 3.94. The summed E-state index contributed by atoms with van der Waals surface area (Å²) in [6.07, 6.45) is 3.46. The first-order valence-electron chi connectivity index (χ1n) is 8.61. The topological polar surface area (TPSA) is 79.5 Å². The van der Waals surface area contributed by atoms with Gasteiger partial charge in [-0.25, -0.2) is 0 Å². The summed E-state index contributed by atoms with van der Waals surface area (Å²) in [5.74, 6) is 0.688. The molecule has 0 atom stereocenters. The number of aromatic nitrogens is 2. The second-order valence-corrected chi connectivity index (χ2v) is 6.64. The van der Waals surface area contributed by atoms with Crippen molar-refractivity contribution in [2.24, 2.45) is 0 Å². The molecule has 2 aromatic rings. The number of anilines is 1. The molecule has 7 nitrogen and oxygen atoms in total. The Hall–Kier alpha value is -2.70. The SMILES string of the molecule is CN(CCc1noc(C2CC2)n1)C(=O)C(=O)N1CCc2ccccc21. The summed E-state index contributed by atoms with van der Waals surface area (Å²) in [4.78, 5) is 32.3. The standard InChI is InChI=1S/C18H20N4O3/c1-21(10-9-15-19-16(25-20-15)13-6-7-13)17(23)18(24)22-11-8-12-4-2-3-5-14(12)22/h2-5,13H,6-11H2,1H3. The van der Waals surface area contributed by atoms with E-state index in [0.717, 1.165) is 30.5 Å². The van der Waals surface area contributed by atoms with Crippen molar-refractivity contribution in [3.8, 4) is 0 Å². The third-order valence-electron chi connectivity index (χ3n) is 4.74. The van der Waals surface area contributed by atoms with Crippen LogP contribution in [-0.4, -0.2) is 47.0 Å². The molecule has 130 valence electrons. The number of amides is 2. The number of hydrogen-bond acceptors (Lipinski definition) is 5. The first kappa shape index (κ1) is 15.8. The zero-order chi connectivity index (χ0) is 17.4. The van der Waals surface area contributed by atoms with Crippen molar-refractivity contribution in [1.29, 1.82) is 0 Å². The summed E-state index contributed by atoms with van der Waals surface area (Å²) in [6, 6.07) is 7.70. The molecule has 1 aromatic heterocycles. The van der Waals surface area contributed by atoms with Crippen molar-refractivity contribution >= 4 is 17.5 Å². The molecular weight excluding hydrogens is 320 g/mol. The molecule has 0 saturated heterocycles. The lowest BCUT2D eigenvalue weighted by molar-refractivity contribution is -0.143. The summed E-state index contributed by atoms with van der Waals surface area (Å²) in [5.41, 5.74) is 1.94. The van der Waals surface area contributed by atoms with Gasteiger partial charge in [0.05, 0.1) is 0 Å². The molecule has 1 aliphatic heterocycles. The average molecular weight is 340 g/mol. The van der Waals surface area contributed by atoms with E-state index in [1.807, 2.05) is 24.3 Å². The Bertz CT molecular complexity index is 812. The molecule has 1 saturated carbocycles. The van der Waals surface area contributed by atoms with Crippen molar-refractivity contribution in [3.05, 3.63) is 41.5 Å². The Labute approximate surface area is 145 Å². The highest BCUT2D eigenvalue weighted by molar-refractivity contribution is 6.40. The predicted octanol–water partition coefficient (Wildman–Crippen LogP) is 1.54. The lowest BCUT2D eigenvalue weighted by Crippen LogP contribution is -2.44. The molecule has 7 heteroatoms. The van der Waals surface area contributed by atoms with Crippen LogP contribution in [0.3, 0.4) is 0 Å². The molecular formula is C18H20N4O3. The van der Waals surface area contributed by atoms with Gasteiger partial charge in [0, 0.05) is 38.2 Å². The fourth-order valence-electron chi connectivity index (χ4n) is 3.06. The summed E-state index contributed by atoms with van der Waals surface area (Å²) in [6.45, 7) is 0.928. The number of carbonyl (C=O) groups is 2. The molecule has 1 aromatic carbocycles. The highest BCUT2D eigenvalue weighted by Crippen LogP contribution is 2.38. The van der Waals surface area contributed by atoms with Crippen molar-refractivity contribution in [1.82, 2.24) is 15.0 Å². The molecule has 2 amide bonds. The fourth-order valence-corrected chi connectivity index (χ4v) is 3.06. The Morgan fingerprint density at radius 1 is 1.32 bits per heavy atom. The van der Waals surface area contributed by atoms with Crippen molar-refractivity contribution in [3.63, 3.8) is 0 Å². The first-order chi connectivity index (χ1) is 12.1. The molecule has 0 N–H and O–H groups in total. The predicted molar refractivity (Wildman–Crippen MR) is 90.1 cm³/mol. The van der Waals surface area contributed by atoms with Crippen LogP contribution < -0.4 is 4.90 Å². The number of likely N-dealkylation sites (N-methyl/N-ethyl adjacent to an activating group) is 1. The molecule has 0 bridgehead atoms. The highest BCUT2D eigenvalue weighted by atomic mass is 16.5. The van der Waals surface area contributed by atoms with E-state index in [4.69, 9.17) is 4.52 Å². The maximum Gasteiger partial charge on any atom is 0.316 e. The minimum atomic E-state index is -0.511. The van der Waals surface area contributed by atoms with Gasteiger partial charge in [-0.2, -0.15) is 4.98 Å². The molecule has 0 radical (unpaired) electrons. The van der Waals surface area contributed by atoms with Gasteiger partial charge in [-0.3, -0.25) is 9.59 Å². The number of nitrogens with zero attached hydrogens (tertiary/aromatic N) is 4. The molecule has 0 spiro atoms. The van der Waals surface area contributed by atoms with Crippen LogP contribution in [0.2, 0.25) is 0 Å². The minimum absolute atomic E-state index is 0.379. The van der Waals surface area contributed by atoms with E-state index in [9.17, 15) is 9.59 Å². The van der Waals surface area contributed by atoms with Gasteiger partial charge in [0.1, 0.15) is 0 Å². The summed E-state index contributed by atoms with van der Waals surface area (Å²) >= 11 is 0. The van der Waals surface area contributed by atoms with Crippen LogP contribution >= 0.6 is 0 Å². The van der Waals surface area contributed by atoms with Crippen molar-refractivity contribution < 1.29 is 14.1 Å². The minimum Gasteiger partial charge on any atom is -0.339 e. The molecule has 2 heterocycles. The fraction of sp³-hybridized carbons (Fsp3) is 0.444. The second-order valence-electron chi connectivity index (χ2n) is 6.64.